The van der Waals surface area contributed by atoms with Crippen molar-refractivity contribution in [3.63, 3.8) is 0 Å². The van der Waals surface area contributed by atoms with Crippen LogP contribution in [0.25, 0.3) is 0 Å². The third kappa shape index (κ3) is 1.93. The molecular weight excluding hydrogens is 220 g/mol. The summed E-state index contributed by atoms with van der Waals surface area (Å²) in [5.41, 5.74) is 8.72. The van der Waals surface area contributed by atoms with Gasteiger partial charge >= 0.3 is 5.97 Å². The minimum absolute atomic E-state index is 0.280. The Kier molecular flexibility index (Phi) is 2.93. The van der Waals surface area contributed by atoms with E-state index in [0.717, 1.165) is 22.6 Å². The molecule has 17 heavy (non-hydrogen) atoms. The number of carbonyl (C=O) groups is 1. The van der Waals surface area contributed by atoms with Crippen LogP contribution in [0.1, 0.15) is 11.1 Å². The number of ether oxygens (including phenoxy) is 1. The van der Waals surface area contributed by atoms with Crippen LogP contribution in [0.15, 0.2) is 12.1 Å². The summed E-state index contributed by atoms with van der Waals surface area (Å²) in [6, 6.07) is 2.65. The molecule has 2 rings (SSSR count). The topological polar surface area (TPSA) is 84.6 Å². The molecule has 1 aromatic carbocycles. The van der Waals surface area contributed by atoms with E-state index in [9.17, 15) is 4.79 Å². The minimum atomic E-state index is -0.994. The molecule has 0 amide bonds. The highest BCUT2D eigenvalue weighted by atomic mass is 16.5. The predicted molar refractivity (Wildman–Crippen MR) is 64.5 cm³/mol. The number of nitrogens with two attached hydrogens (primary N) is 1. The van der Waals surface area contributed by atoms with E-state index in [-0.39, 0.29) is 6.04 Å². The van der Waals surface area contributed by atoms with Crippen LogP contribution in [0.4, 0.5) is 5.69 Å². The zero-order chi connectivity index (χ0) is 12.6. The Hall–Kier alpha value is -1.75. The number of methoxy groups -OCH3 is 1. The maximum Gasteiger partial charge on any atom is 0.322 e. The van der Waals surface area contributed by atoms with E-state index in [4.69, 9.17) is 15.6 Å². The van der Waals surface area contributed by atoms with Crippen LogP contribution in [0.5, 0.6) is 5.75 Å². The average Bonchev–Trinajstić information content (AvgIpc) is 2.74. The molecule has 0 spiro atoms. The standard InChI is InChI=1S/C12H16N2O3/c1-6-3-4-9(17-2)11-7(6)5-8(14-11)10(13)12(15)16/h3-4,8,10,14H,5,13H2,1-2H3,(H,15,16). The Morgan fingerprint density at radius 2 is 2.35 bits per heavy atom. The van der Waals surface area contributed by atoms with Gasteiger partial charge in [0.05, 0.1) is 18.8 Å². The molecule has 1 aliphatic heterocycles. The SMILES string of the molecule is COc1ccc(C)c2c1NC(C(N)C(=O)O)C2. The van der Waals surface area contributed by atoms with Gasteiger partial charge in [-0.3, -0.25) is 4.79 Å². The molecule has 0 saturated carbocycles. The van der Waals surface area contributed by atoms with Crippen LogP contribution in [-0.2, 0) is 11.2 Å². The van der Waals surface area contributed by atoms with Crippen molar-refractivity contribution >= 4 is 11.7 Å². The molecule has 5 heteroatoms. The molecule has 0 aromatic heterocycles. The van der Waals surface area contributed by atoms with E-state index in [0.29, 0.717) is 6.42 Å². The number of carboxylic acids is 1. The number of hydrogen-bond acceptors (Lipinski definition) is 4. The van der Waals surface area contributed by atoms with Gasteiger partial charge in [-0.15, -0.1) is 0 Å². The van der Waals surface area contributed by atoms with Gasteiger partial charge in [-0.2, -0.15) is 0 Å². The molecule has 92 valence electrons. The van der Waals surface area contributed by atoms with Crippen LogP contribution < -0.4 is 15.8 Å². The first-order chi connectivity index (χ1) is 8.04. The fourth-order valence-corrected chi connectivity index (χ4v) is 2.17. The van der Waals surface area contributed by atoms with Gasteiger partial charge in [0.2, 0.25) is 0 Å². The maximum absolute atomic E-state index is 10.9. The molecular formula is C12H16N2O3. The smallest absolute Gasteiger partial charge is 0.322 e. The number of hydrogen-bond donors (Lipinski definition) is 3. The van der Waals surface area contributed by atoms with E-state index in [1.165, 1.54) is 0 Å². The summed E-state index contributed by atoms with van der Waals surface area (Å²) in [5.74, 6) is -0.266. The highest BCUT2D eigenvalue weighted by molar-refractivity contribution is 5.77. The van der Waals surface area contributed by atoms with Crippen LogP contribution in [-0.4, -0.2) is 30.3 Å². The lowest BCUT2D eigenvalue weighted by Gasteiger charge is -2.16. The van der Waals surface area contributed by atoms with E-state index >= 15 is 0 Å². The first kappa shape index (κ1) is 11.7. The van der Waals surface area contributed by atoms with Crippen LogP contribution in [0.2, 0.25) is 0 Å². The third-order valence-corrected chi connectivity index (χ3v) is 3.20. The maximum atomic E-state index is 10.9. The number of fused-ring (bicyclic) bond motifs is 1. The Labute approximate surface area is 99.6 Å². The van der Waals surface area contributed by atoms with E-state index < -0.39 is 12.0 Å². The normalized spacial score (nSPS) is 19.4. The summed E-state index contributed by atoms with van der Waals surface area (Å²) in [4.78, 5) is 10.9. The number of benzene rings is 1. The summed E-state index contributed by atoms with van der Waals surface area (Å²) in [5, 5.41) is 12.1. The molecule has 1 heterocycles. The van der Waals surface area contributed by atoms with E-state index in [1.54, 1.807) is 7.11 Å². The summed E-state index contributed by atoms with van der Waals surface area (Å²) in [6.07, 6.45) is 0.617. The third-order valence-electron chi connectivity index (χ3n) is 3.20. The van der Waals surface area contributed by atoms with Crippen molar-refractivity contribution in [3.05, 3.63) is 23.3 Å². The van der Waals surface area contributed by atoms with Crippen LogP contribution >= 0.6 is 0 Å². The second kappa shape index (κ2) is 4.25. The second-order valence-electron chi connectivity index (χ2n) is 4.26. The molecule has 0 fully saturated rings. The van der Waals surface area contributed by atoms with Crippen molar-refractivity contribution in [1.29, 1.82) is 0 Å². The van der Waals surface area contributed by atoms with Gasteiger partial charge in [0.25, 0.3) is 0 Å². The number of anilines is 1. The number of aliphatic carboxylic acids is 1. The summed E-state index contributed by atoms with van der Waals surface area (Å²) >= 11 is 0. The first-order valence-corrected chi connectivity index (χ1v) is 5.46. The molecule has 5 nitrogen and oxygen atoms in total. The number of rotatable bonds is 3. The van der Waals surface area contributed by atoms with Crippen molar-refractivity contribution in [1.82, 2.24) is 0 Å². The number of nitrogens with one attached hydrogen (secondary N) is 1. The molecule has 1 aliphatic rings. The fourth-order valence-electron chi connectivity index (χ4n) is 2.17. The Balaban J connectivity index is 2.32. The highest BCUT2D eigenvalue weighted by Crippen LogP contribution is 2.37. The molecule has 1 aromatic rings. The average molecular weight is 236 g/mol. The van der Waals surface area contributed by atoms with Crippen molar-refractivity contribution in [2.24, 2.45) is 5.73 Å². The van der Waals surface area contributed by atoms with Gasteiger partial charge in [-0.25, -0.2) is 0 Å². The second-order valence-corrected chi connectivity index (χ2v) is 4.26. The van der Waals surface area contributed by atoms with Crippen LogP contribution in [0, 0.1) is 6.92 Å². The summed E-state index contributed by atoms with van der Waals surface area (Å²) in [7, 11) is 1.59. The van der Waals surface area contributed by atoms with Crippen molar-refractivity contribution in [3.8, 4) is 5.75 Å². The largest absolute Gasteiger partial charge is 0.495 e. The highest BCUT2D eigenvalue weighted by Gasteiger charge is 2.32. The van der Waals surface area contributed by atoms with Crippen molar-refractivity contribution < 1.29 is 14.6 Å². The molecule has 0 bridgehead atoms. The summed E-state index contributed by atoms with van der Waals surface area (Å²) in [6.45, 7) is 1.99. The molecule has 2 unspecified atom stereocenters. The lowest BCUT2D eigenvalue weighted by atomic mass is 10.0. The van der Waals surface area contributed by atoms with E-state index in [2.05, 4.69) is 5.32 Å². The lowest BCUT2D eigenvalue weighted by molar-refractivity contribution is -0.138. The molecule has 0 radical (unpaired) electrons. The van der Waals surface area contributed by atoms with Gasteiger partial charge in [0.1, 0.15) is 11.8 Å². The zero-order valence-corrected chi connectivity index (χ0v) is 9.86. The van der Waals surface area contributed by atoms with Gasteiger partial charge in [-0.1, -0.05) is 6.07 Å². The predicted octanol–water partition coefficient (Wildman–Crippen LogP) is 0.752. The minimum Gasteiger partial charge on any atom is -0.495 e. The lowest BCUT2D eigenvalue weighted by Crippen LogP contribution is -2.45. The monoisotopic (exact) mass is 236 g/mol. The van der Waals surface area contributed by atoms with Crippen LogP contribution in [0.3, 0.4) is 0 Å². The summed E-state index contributed by atoms with van der Waals surface area (Å²) < 4.78 is 5.25. The Morgan fingerprint density at radius 1 is 1.65 bits per heavy atom. The molecule has 4 N–H and O–H groups in total. The quantitative estimate of drug-likeness (QED) is 0.721. The Bertz CT molecular complexity index is 459. The molecule has 0 aliphatic carbocycles. The zero-order valence-electron chi connectivity index (χ0n) is 9.86. The number of aryl methyl sites for hydroxylation is 1. The van der Waals surface area contributed by atoms with Gasteiger partial charge in [0, 0.05) is 0 Å². The van der Waals surface area contributed by atoms with Crippen molar-refractivity contribution in [2.75, 3.05) is 12.4 Å². The van der Waals surface area contributed by atoms with Gasteiger partial charge in [0.15, 0.2) is 0 Å². The van der Waals surface area contributed by atoms with Gasteiger partial charge in [-0.05, 0) is 30.5 Å². The Morgan fingerprint density at radius 3 is 2.94 bits per heavy atom. The van der Waals surface area contributed by atoms with E-state index in [1.807, 2.05) is 19.1 Å². The first-order valence-electron chi connectivity index (χ1n) is 5.46. The van der Waals surface area contributed by atoms with Crippen molar-refractivity contribution in [2.45, 2.75) is 25.4 Å². The molecule has 2 atom stereocenters. The fraction of sp³-hybridized carbons (Fsp3) is 0.417. The number of carboxylic acid groups (broad SMARTS) is 1. The molecule has 0 saturated heterocycles. The van der Waals surface area contributed by atoms with Gasteiger partial charge < -0.3 is 20.9 Å².